The van der Waals surface area contributed by atoms with Crippen LogP contribution in [0.3, 0.4) is 0 Å². The lowest BCUT2D eigenvalue weighted by atomic mass is 9.90. The first-order valence-corrected chi connectivity index (χ1v) is 9.59. The lowest BCUT2D eigenvalue weighted by Crippen LogP contribution is -2.47. The first kappa shape index (κ1) is 17.9. The van der Waals surface area contributed by atoms with Gasteiger partial charge in [0.2, 0.25) is 0 Å². The van der Waals surface area contributed by atoms with Gasteiger partial charge in [0.25, 0.3) is 0 Å². The summed E-state index contributed by atoms with van der Waals surface area (Å²) in [6, 6.07) is 7.71. The van der Waals surface area contributed by atoms with Gasteiger partial charge in [0.05, 0.1) is 0 Å². The van der Waals surface area contributed by atoms with Crippen LogP contribution in [0.5, 0.6) is 0 Å². The van der Waals surface area contributed by atoms with Crippen molar-refractivity contribution in [3.8, 4) is 0 Å². The molecule has 0 spiro atoms. The van der Waals surface area contributed by atoms with E-state index in [0.717, 1.165) is 42.7 Å². The quantitative estimate of drug-likeness (QED) is 0.489. The van der Waals surface area contributed by atoms with E-state index in [-0.39, 0.29) is 17.7 Å². The van der Waals surface area contributed by atoms with Gasteiger partial charge in [-0.2, -0.15) is 0 Å². The molecule has 1 atom stereocenters. The Bertz CT molecular complexity index is 548. The molecule has 23 heavy (non-hydrogen) atoms. The highest BCUT2D eigenvalue weighted by Crippen LogP contribution is 2.26. The third-order valence-electron chi connectivity index (χ3n) is 4.26. The molecule has 5 heteroatoms. The standard InChI is InChI=1S/C18H26N2O2S/c1-3-4-11-19-18(22)20-12-7-8-14(13-20)17(21)15-9-5-6-10-16(15)23-2/h5-6,9-10,14H,3-4,7-8,11-13H2,1-2H3,(H,19,22). The van der Waals surface area contributed by atoms with E-state index in [9.17, 15) is 9.59 Å². The summed E-state index contributed by atoms with van der Waals surface area (Å²) in [4.78, 5) is 27.8. The summed E-state index contributed by atoms with van der Waals surface area (Å²) in [5, 5.41) is 2.95. The topological polar surface area (TPSA) is 49.4 Å². The third kappa shape index (κ3) is 4.74. The molecule has 126 valence electrons. The van der Waals surface area contributed by atoms with Crippen molar-refractivity contribution in [1.29, 1.82) is 0 Å². The molecule has 1 heterocycles. The molecule has 1 aromatic carbocycles. The lowest BCUT2D eigenvalue weighted by molar-refractivity contribution is 0.0842. The predicted octanol–water partition coefficient (Wildman–Crippen LogP) is 3.81. The van der Waals surface area contributed by atoms with Gasteiger partial charge >= 0.3 is 6.03 Å². The van der Waals surface area contributed by atoms with Gasteiger partial charge in [0.1, 0.15) is 0 Å². The van der Waals surface area contributed by atoms with E-state index in [1.54, 1.807) is 16.7 Å². The van der Waals surface area contributed by atoms with Gasteiger partial charge < -0.3 is 10.2 Å². The fourth-order valence-corrected chi connectivity index (χ4v) is 3.53. The Balaban J connectivity index is 2.00. The van der Waals surface area contributed by atoms with Gasteiger partial charge in [-0.3, -0.25) is 4.79 Å². The van der Waals surface area contributed by atoms with E-state index >= 15 is 0 Å². The molecule has 1 aromatic rings. The Morgan fingerprint density at radius 1 is 1.35 bits per heavy atom. The van der Waals surface area contributed by atoms with Crippen LogP contribution in [-0.2, 0) is 0 Å². The van der Waals surface area contributed by atoms with E-state index in [1.807, 2.05) is 30.5 Å². The number of nitrogens with zero attached hydrogens (tertiary/aromatic N) is 1. The van der Waals surface area contributed by atoms with Gasteiger partial charge in [-0.25, -0.2) is 4.79 Å². The molecule has 0 aliphatic carbocycles. The molecular formula is C18H26N2O2S. The van der Waals surface area contributed by atoms with Crippen LogP contribution in [0.25, 0.3) is 0 Å². The maximum Gasteiger partial charge on any atom is 0.317 e. The second-order valence-electron chi connectivity index (χ2n) is 5.94. The Morgan fingerprint density at radius 3 is 2.87 bits per heavy atom. The van der Waals surface area contributed by atoms with Crippen LogP contribution >= 0.6 is 11.8 Å². The molecule has 1 N–H and O–H groups in total. The smallest absolute Gasteiger partial charge is 0.317 e. The van der Waals surface area contributed by atoms with E-state index < -0.39 is 0 Å². The number of unbranched alkanes of at least 4 members (excludes halogenated alkanes) is 1. The molecule has 1 aliphatic rings. The van der Waals surface area contributed by atoms with Crippen LogP contribution in [0.15, 0.2) is 29.2 Å². The Kier molecular flexibility index (Phi) is 6.96. The Labute approximate surface area is 143 Å². The lowest BCUT2D eigenvalue weighted by Gasteiger charge is -2.32. The van der Waals surface area contributed by atoms with E-state index in [1.165, 1.54) is 0 Å². The maximum atomic E-state index is 12.8. The largest absolute Gasteiger partial charge is 0.338 e. The molecule has 2 rings (SSSR count). The molecule has 1 unspecified atom stereocenters. The van der Waals surface area contributed by atoms with Gasteiger partial charge in [0.15, 0.2) is 5.78 Å². The van der Waals surface area contributed by atoms with Crippen molar-refractivity contribution >= 4 is 23.6 Å². The summed E-state index contributed by atoms with van der Waals surface area (Å²) >= 11 is 1.59. The van der Waals surface area contributed by atoms with E-state index in [2.05, 4.69) is 12.2 Å². The number of benzene rings is 1. The number of carbonyl (C=O) groups excluding carboxylic acids is 2. The van der Waals surface area contributed by atoms with Crippen molar-refractivity contribution in [2.75, 3.05) is 25.9 Å². The fraction of sp³-hybridized carbons (Fsp3) is 0.556. The van der Waals surface area contributed by atoms with Crippen molar-refractivity contribution in [3.05, 3.63) is 29.8 Å². The summed E-state index contributed by atoms with van der Waals surface area (Å²) in [6.45, 7) is 4.08. The summed E-state index contributed by atoms with van der Waals surface area (Å²) in [7, 11) is 0. The number of nitrogens with one attached hydrogen (secondary N) is 1. The fourth-order valence-electron chi connectivity index (χ4n) is 2.93. The Morgan fingerprint density at radius 2 is 2.13 bits per heavy atom. The zero-order valence-corrected chi connectivity index (χ0v) is 14.8. The van der Waals surface area contributed by atoms with E-state index in [0.29, 0.717) is 13.1 Å². The number of thioether (sulfide) groups is 1. The highest BCUT2D eigenvalue weighted by molar-refractivity contribution is 7.98. The van der Waals surface area contributed by atoms with Crippen LogP contribution in [0.4, 0.5) is 4.79 Å². The summed E-state index contributed by atoms with van der Waals surface area (Å²) in [6.07, 6.45) is 5.79. The Hall–Kier alpha value is -1.49. The summed E-state index contributed by atoms with van der Waals surface area (Å²) in [5.74, 6) is 0.0787. The number of hydrogen-bond acceptors (Lipinski definition) is 3. The number of carbonyl (C=O) groups is 2. The second-order valence-corrected chi connectivity index (χ2v) is 6.78. The molecule has 0 aromatic heterocycles. The maximum absolute atomic E-state index is 12.8. The minimum atomic E-state index is -0.0889. The second kappa shape index (κ2) is 8.96. The number of likely N-dealkylation sites (tertiary alicyclic amines) is 1. The van der Waals surface area contributed by atoms with Crippen LogP contribution in [0.2, 0.25) is 0 Å². The van der Waals surface area contributed by atoms with Gasteiger partial charge in [-0.1, -0.05) is 31.5 Å². The highest BCUT2D eigenvalue weighted by Gasteiger charge is 2.29. The number of rotatable bonds is 6. The molecule has 4 nitrogen and oxygen atoms in total. The zero-order chi connectivity index (χ0) is 16.7. The van der Waals surface area contributed by atoms with Crippen molar-refractivity contribution in [1.82, 2.24) is 10.2 Å². The van der Waals surface area contributed by atoms with Crippen LogP contribution in [0.1, 0.15) is 43.0 Å². The normalized spacial score (nSPS) is 17.8. The molecule has 2 amide bonds. The number of piperidine rings is 1. The summed E-state index contributed by atoms with van der Waals surface area (Å²) < 4.78 is 0. The number of ketones is 1. The average Bonchev–Trinajstić information content (AvgIpc) is 2.61. The van der Waals surface area contributed by atoms with Gasteiger partial charge in [-0.15, -0.1) is 11.8 Å². The molecule has 0 radical (unpaired) electrons. The van der Waals surface area contributed by atoms with Crippen molar-refractivity contribution in [3.63, 3.8) is 0 Å². The van der Waals surface area contributed by atoms with Crippen LogP contribution in [-0.4, -0.2) is 42.6 Å². The minimum absolute atomic E-state index is 0.0332. The van der Waals surface area contributed by atoms with E-state index in [4.69, 9.17) is 0 Å². The monoisotopic (exact) mass is 334 g/mol. The molecule has 1 aliphatic heterocycles. The SMILES string of the molecule is CCCCNC(=O)N1CCCC(C(=O)c2ccccc2SC)C1. The number of amides is 2. The zero-order valence-electron chi connectivity index (χ0n) is 14.0. The molecule has 1 fully saturated rings. The van der Waals surface area contributed by atoms with Gasteiger partial charge in [-0.05, 0) is 31.6 Å². The molecule has 0 saturated carbocycles. The number of hydrogen-bond donors (Lipinski definition) is 1. The van der Waals surface area contributed by atoms with Gasteiger partial charge in [0, 0.05) is 36.0 Å². The first-order chi connectivity index (χ1) is 11.2. The van der Waals surface area contributed by atoms with Crippen LogP contribution < -0.4 is 5.32 Å². The summed E-state index contributed by atoms with van der Waals surface area (Å²) in [5.41, 5.74) is 0.790. The van der Waals surface area contributed by atoms with Crippen molar-refractivity contribution in [2.24, 2.45) is 5.92 Å². The average molecular weight is 334 g/mol. The molecule has 1 saturated heterocycles. The molecule has 0 bridgehead atoms. The predicted molar refractivity (Wildman–Crippen MR) is 95.2 cm³/mol. The minimum Gasteiger partial charge on any atom is -0.338 e. The third-order valence-corrected chi connectivity index (χ3v) is 5.05. The first-order valence-electron chi connectivity index (χ1n) is 8.37. The number of Topliss-reactive ketones (excluding diaryl/α,β-unsaturated/α-hetero) is 1. The van der Waals surface area contributed by atoms with Crippen molar-refractivity contribution in [2.45, 2.75) is 37.5 Å². The van der Waals surface area contributed by atoms with Crippen molar-refractivity contribution < 1.29 is 9.59 Å². The number of urea groups is 1. The van der Waals surface area contributed by atoms with Crippen LogP contribution in [0, 0.1) is 5.92 Å². The highest BCUT2D eigenvalue weighted by atomic mass is 32.2. The molecular weight excluding hydrogens is 308 g/mol.